The second-order valence-electron chi connectivity index (χ2n) is 3.39. The molecule has 1 unspecified atom stereocenters. The molecule has 1 rings (SSSR count). The molecule has 0 bridgehead atoms. The molecule has 0 spiro atoms. The van der Waals surface area contributed by atoms with Crippen molar-refractivity contribution in [3.05, 3.63) is 0 Å². The van der Waals surface area contributed by atoms with E-state index >= 15 is 0 Å². The fraction of sp³-hybridized carbons (Fsp3) is 0.625. The molecule has 9 heteroatoms. The van der Waals surface area contributed by atoms with Crippen molar-refractivity contribution in [2.24, 2.45) is 5.73 Å². The van der Waals surface area contributed by atoms with E-state index in [2.05, 4.69) is 15.5 Å². The number of carbonyl (C=O) groups excluding carboxylic acids is 1. The van der Waals surface area contributed by atoms with Gasteiger partial charge in [0.25, 0.3) is 0 Å². The van der Waals surface area contributed by atoms with Crippen LogP contribution < -0.4 is 11.1 Å². The molecule has 0 saturated heterocycles. The smallest absolute Gasteiger partial charge is 0.235 e. The van der Waals surface area contributed by atoms with E-state index in [-0.39, 0.29) is 4.34 Å². The van der Waals surface area contributed by atoms with Gasteiger partial charge in [-0.15, -0.1) is 10.2 Å². The van der Waals surface area contributed by atoms with Crippen LogP contribution in [0.1, 0.15) is 20.3 Å². The van der Waals surface area contributed by atoms with Crippen molar-refractivity contribution >= 4 is 32.2 Å². The predicted octanol–water partition coefficient (Wildman–Crippen LogP) is 0.00750. The van der Waals surface area contributed by atoms with Crippen molar-refractivity contribution in [3.63, 3.8) is 0 Å². The highest BCUT2D eigenvalue weighted by molar-refractivity contribution is 7.94. The molecule has 1 aromatic rings. The Morgan fingerprint density at radius 3 is 2.71 bits per heavy atom. The minimum absolute atomic E-state index is 0.192. The van der Waals surface area contributed by atoms with E-state index in [1.54, 1.807) is 0 Å². The van der Waals surface area contributed by atoms with E-state index in [1.165, 1.54) is 6.92 Å². The number of carbonyl (C=O) groups is 1. The van der Waals surface area contributed by atoms with Crippen molar-refractivity contribution < 1.29 is 13.2 Å². The van der Waals surface area contributed by atoms with Crippen molar-refractivity contribution in [3.8, 4) is 0 Å². The lowest BCUT2D eigenvalue weighted by Gasteiger charge is -2.04. The van der Waals surface area contributed by atoms with E-state index in [9.17, 15) is 13.2 Å². The van der Waals surface area contributed by atoms with Gasteiger partial charge in [-0.1, -0.05) is 18.3 Å². The van der Waals surface area contributed by atoms with Gasteiger partial charge in [0.1, 0.15) is 5.25 Å². The van der Waals surface area contributed by atoms with Gasteiger partial charge in [0.2, 0.25) is 25.2 Å². The summed E-state index contributed by atoms with van der Waals surface area (Å²) in [5, 5.41) is 9.28. The molecule has 1 atom stereocenters. The summed E-state index contributed by atoms with van der Waals surface area (Å²) in [4.78, 5) is 10.9. The lowest BCUT2D eigenvalue weighted by Crippen LogP contribution is -2.33. The van der Waals surface area contributed by atoms with E-state index in [0.717, 1.165) is 17.8 Å². The average molecular weight is 278 g/mol. The molecule has 17 heavy (non-hydrogen) atoms. The molecule has 0 radical (unpaired) electrons. The standard InChI is InChI=1S/C8H14N4O3S2/c1-3-4-10-7-11-12-8(16-7)17(14,15)5(2)6(9)13/h5H,3-4H2,1-2H3,(H2,9,13)(H,10,11). The maximum atomic E-state index is 11.8. The second-order valence-corrected chi connectivity index (χ2v) is 6.81. The molecule has 96 valence electrons. The molecule has 0 aliphatic rings. The molecule has 3 N–H and O–H groups in total. The molecule has 0 aromatic carbocycles. The van der Waals surface area contributed by atoms with Crippen molar-refractivity contribution in [1.82, 2.24) is 10.2 Å². The van der Waals surface area contributed by atoms with Crippen LogP contribution in [-0.2, 0) is 14.6 Å². The second kappa shape index (κ2) is 5.41. The van der Waals surface area contributed by atoms with E-state index in [1.807, 2.05) is 6.92 Å². The molecule has 0 aliphatic carbocycles. The van der Waals surface area contributed by atoms with Crippen molar-refractivity contribution in [2.45, 2.75) is 29.9 Å². The largest absolute Gasteiger partial charge is 0.369 e. The summed E-state index contributed by atoms with van der Waals surface area (Å²) < 4.78 is 23.5. The van der Waals surface area contributed by atoms with Crippen LogP contribution in [0, 0.1) is 0 Å². The number of anilines is 1. The van der Waals surface area contributed by atoms with Crippen LogP contribution in [0.3, 0.4) is 0 Å². The Bertz CT molecular complexity index is 497. The first-order valence-electron chi connectivity index (χ1n) is 5.00. The maximum absolute atomic E-state index is 11.8. The number of aromatic nitrogens is 2. The Labute approximate surface area is 103 Å². The Hall–Kier alpha value is -1.22. The minimum atomic E-state index is -3.81. The van der Waals surface area contributed by atoms with Crippen molar-refractivity contribution in [1.29, 1.82) is 0 Å². The molecular formula is C8H14N4O3S2. The first-order chi connectivity index (χ1) is 7.89. The zero-order chi connectivity index (χ0) is 13.1. The van der Waals surface area contributed by atoms with Crippen LogP contribution in [0.5, 0.6) is 0 Å². The monoisotopic (exact) mass is 278 g/mol. The Morgan fingerprint density at radius 1 is 1.53 bits per heavy atom. The van der Waals surface area contributed by atoms with Gasteiger partial charge in [-0.2, -0.15) is 0 Å². The van der Waals surface area contributed by atoms with Gasteiger partial charge in [0.05, 0.1) is 0 Å². The lowest BCUT2D eigenvalue weighted by molar-refractivity contribution is -0.117. The summed E-state index contributed by atoms with van der Waals surface area (Å²) in [5.41, 5.74) is 4.97. The average Bonchev–Trinajstić information content (AvgIpc) is 2.74. The summed E-state index contributed by atoms with van der Waals surface area (Å²) in [7, 11) is -3.81. The van der Waals surface area contributed by atoms with Crippen LogP contribution >= 0.6 is 11.3 Å². The Balaban J connectivity index is 2.93. The molecule has 1 amide bonds. The Morgan fingerprint density at radius 2 is 2.18 bits per heavy atom. The normalized spacial score (nSPS) is 13.3. The highest BCUT2D eigenvalue weighted by Crippen LogP contribution is 2.23. The third kappa shape index (κ3) is 3.13. The van der Waals surface area contributed by atoms with Gasteiger partial charge in [-0.25, -0.2) is 8.42 Å². The predicted molar refractivity (Wildman–Crippen MR) is 64.5 cm³/mol. The van der Waals surface area contributed by atoms with E-state index in [0.29, 0.717) is 11.7 Å². The topological polar surface area (TPSA) is 115 Å². The van der Waals surface area contributed by atoms with Gasteiger partial charge in [0.15, 0.2) is 0 Å². The van der Waals surface area contributed by atoms with Gasteiger partial charge in [-0.05, 0) is 13.3 Å². The molecule has 1 aromatic heterocycles. The fourth-order valence-corrected chi connectivity index (χ4v) is 3.33. The number of nitrogens with one attached hydrogen (secondary N) is 1. The van der Waals surface area contributed by atoms with Crippen LogP contribution in [0.2, 0.25) is 0 Å². The van der Waals surface area contributed by atoms with E-state index < -0.39 is 21.0 Å². The van der Waals surface area contributed by atoms with Crippen LogP contribution in [0.15, 0.2) is 4.34 Å². The van der Waals surface area contributed by atoms with Gasteiger partial charge < -0.3 is 11.1 Å². The van der Waals surface area contributed by atoms with Gasteiger partial charge >= 0.3 is 0 Å². The lowest BCUT2D eigenvalue weighted by atomic mass is 10.5. The van der Waals surface area contributed by atoms with Gasteiger partial charge in [-0.3, -0.25) is 4.79 Å². The zero-order valence-electron chi connectivity index (χ0n) is 9.50. The Kier molecular flexibility index (Phi) is 4.40. The number of primary amides is 1. The highest BCUT2D eigenvalue weighted by atomic mass is 32.2. The number of nitrogens with two attached hydrogens (primary N) is 1. The molecule has 0 fully saturated rings. The summed E-state index contributed by atoms with van der Waals surface area (Å²) in [6.07, 6.45) is 0.888. The first-order valence-corrected chi connectivity index (χ1v) is 7.36. The van der Waals surface area contributed by atoms with Crippen LogP contribution in [0.4, 0.5) is 5.13 Å². The number of sulfone groups is 1. The maximum Gasteiger partial charge on any atom is 0.235 e. The fourth-order valence-electron chi connectivity index (χ4n) is 0.932. The molecule has 1 heterocycles. The third-order valence-electron chi connectivity index (χ3n) is 2.04. The molecule has 7 nitrogen and oxygen atoms in total. The number of rotatable bonds is 6. The SMILES string of the molecule is CCCNc1nnc(S(=O)(=O)C(C)C(N)=O)s1. The number of hydrogen-bond acceptors (Lipinski definition) is 7. The quantitative estimate of drug-likeness (QED) is 0.757. The molecular weight excluding hydrogens is 264 g/mol. The summed E-state index contributed by atoms with van der Waals surface area (Å²) in [5.74, 6) is -0.900. The number of nitrogens with zero attached hydrogens (tertiary/aromatic N) is 2. The van der Waals surface area contributed by atoms with Gasteiger partial charge in [0, 0.05) is 6.54 Å². The zero-order valence-corrected chi connectivity index (χ0v) is 11.1. The summed E-state index contributed by atoms with van der Waals surface area (Å²) in [6.45, 7) is 3.89. The first kappa shape index (κ1) is 13.8. The highest BCUT2D eigenvalue weighted by Gasteiger charge is 2.31. The van der Waals surface area contributed by atoms with Crippen LogP contribution in [0.25, 0.3) is 0 Å². The number of hydrogen-bond donors (Lipinski definition) is 2. The summed E-state index contributed by atoms with van der Waals surface area (Å²) in [6, 6.07) is 0. The van der Waals surface area contributed by atoms with Crippen molar-refractivity contribution in [2.75, 3.05) is 11.9 Å². The minimum Gasteiger partial charge on any atom is -0.369 e. The molecule has 0 saturated carbocycles. The van der Waals surface area contributed by atoms with E-state index in [4.69, 9.17) is 5.73 Å². The number of amides is 1. The summed E-state index contributed by atoms with van der Waals surface area (Å²) >= 11 is 0.896. The van der Waals surface area contributed by atoms with Crippen LogP contribution in [-0.4, -0.2) is 36.3 Å². The molecule has 0 aliphatic heterocycles. The third-order valence-corrected chi connectivity index (χ3v) is 5.40.